The summed E-state index contributed by atoms with van der Waals surface area (Å²) in [6.45, 7) is 4.19. The van der Waals surface area contributed by atoms with E-state index in [-0.39, 0.29) is 30.0 Å². The number of fused-ring (bicyclic) bond motifs is 8. The quantitative estimate of drug-likeness (QED) is 0.238. The predicted molar refractivity (Wildman–Crippen MR) is 187 cm³/mol. The van der Waals surface area contributed by atoms with E-state index in [1.807, 2.05) is 43.3 Å². The molecular weight excluding hydrogens is 673 g/mol. The summed E-state index contributed by atoms with van der Waals surface area (Å²) >= 11 is 0. The molecule has 9 atom stereocenters. The normalized spacial score (nSPS) is 36.4. The van der Waals surface area contributed by atoms with Crippen LogP contribution in [0.1, 0.15) is 68.1 Å². The molecule has 3 saturated carbocycles. The Hall–Kier alpha value is -3.15. The summed E-state index contributed by atoms with van der Waals surface area (Å²) < 4.78 is 47.7. The molecule has 0 amide bonds. The fourth-order valence-corrected chi connectivity index (χ4v) is 11.3. The fraction of sp³-hybridized carbons (Fsp3) is 0.538. The van der Waals surface area contributed by atoms with Crippen LogP contribution in [0, 0.1) is 28.6 Å². The van der Waals surface area contributed by atoms with Crippen LogP contribution in [0.25, 0.3) is 0 Å². The summed E-state index contributed by atoms with van der Waals surface area (Å²) in [7, 11) is -1.58. The largest absolute Gasteiger partial charge is 0.491 e. The van der Waals surface area contributed by atoms with Gasteiger partial charge in [0.1, 0.15) is 12.4 Å². The van der Waals surface area contributed by atoms with Gasteiger partial charge >= 0.3 is 7.82 Å². The molecule has 0 radical (unpaired) electrons. The molecule has 1 saturated heterocycles. The molecule has 2 aromatic carbocycles. The molecule has 0 aromatic heterocycles. The Bertz CT molecular complexity index is 1870. The van der Waals surface area contributed by atoms with Crippen LogP contribution in [0.5, 0.6) is 5.75 Å². The van der Waals surface area contributed by atoms with Crippen molar-refractivity contribution in [1.29, 1.82) is 0 Å². The second-order valence-electron chi connectivity index (χ2n) is 15.4. The van der Waals surface area contributed by atoms with Crippen molar-refractivity contribution in [2.24, 2.45) is 28.6 Å². The summed E-state index contributed by atoms with van der Waals surface area (Å²) in [5.74, 6) is 0.206. The number of aliphatic hydroxyl groups is 1. The van der Waals surface area contributed by atoms with Crippen LogP contribution >= 0.6 is 7.82 Å². The molecule has 4 aliphatic carbocycles. The number of benzene rings is 2. The van der Waals surface area contributed by atoms with Crippen molar-refractivity contribution in [1.82, 2.24) is 0 Å². The van der Waals surface area contributed by atoms with Gasteiger partial charge in [-0.2, -0.15) is 0 Å². The van der Waals surface area contributed by atoms with E-state index in [1.54, 1.807) is 12.2 Å². The summed E-state index contributed by atoms with van der Waals surface area (Å²) in [6.07, 6.45) is 6.89. The number of phosphoric acid groups is 1. The van der Waals surface area contributed by atoms with E-state index < -0.39 is 55.1 Å². The van der Waals surface area contributed by atoms with E-state index in [0.717, 1.165) is 47.3 Å². The first-order valence-electron chi connectivity index (χ1n) is 17.8. The molecule has 2 aromatic rings. The predicted octanol–water partition coefficient (Wildman–Crippen LogP) is 5.82. The van der Waals surface area contributed by atoms with Gasteiger partial charge in [-0.1, -0.05) is 55.8 Å². The maximum atomic E-state index is 14.6. The molecular formula is C39H46NO10P. The number of carbonyl (C=O) groups is 2. The van der Waals surface area contributed by atoms with Crippen molar-refractivity contribution in [2.45, 2.75) is 76.5 Å². The highest BCUT2D eigenvalue weighted by Crippen LogP contribution is 2.70. The van der Waals surface area contributed by atoms with Gasteiger partial charge in [-0.05, 0) is 73.3 Å². The molecule has 272 valence electrons. The van der Waals surface area contributed by atoms with Gasteiger partial charge in [-0.3, -0.25) is 23.2 Å². The van der Waals surface area contributed by atoms with Crippen molar-refractivity contribution in [3.63, 3.8) is 0 Å². The number of ether oxygens (including phenoxy) is 3. The third-order valence-electron chi connectivity index (χ3n) is 13.1. The lowest BCUT2D eigenvalue weighted by Crippen LogP contribution is -2.63. The zero-order valence-corrected chi connectivity index (χ0v) is 30.4. The van der Waals surface area contributed by atoms with Crippen LogP contribution < -0.4 is 10.5 Å². The van der Waals surface area contributed by atoms with Gasteiger partial charge in [0.15, 0.2) is 23.5 Å². The molecule has 2 heterocycles. The molecule has 12 heteroatoms. The van der Waals surface area contributed by atoms with Crippen LogP contribution in [-0.2, 0) is 50.0 Å². The molecule has 0 unspecified atom stereocenters. The van der Waals surface area contributed by atoms with Crippen molar-refractivity contribution in [2.75, 3.05) is 33.2 Å². The number of phosphoric ester groups is 1. The first kappa shape index (κ1) is 34.9. The summed E-state index contributed by atoms with van der Waals surface area (Å²) in [5.41, 5.74) is 9.20. The van der Waals surface area contributed by atoms with E-state index in [9.17, 15) is 19.3 Å². The highest BCUT2D eigenvalue weighted by Gasteiger charge is 2.76. The first-order valence-corrected chi connectivity index (χ1v) is 19.3. The second-order valence-corrected chi connectivity index (χ2v) is 17.3. The van der Waals surface area contributed by atoms with Crippen molar-refractivity contribution in [3.8, 4) is 5.75 Å². The minimum atomic E-state index is -3.98. The third kappa shape index (κ3) is 5.26. The van der Waals surface area contributed by atoms with Gasteiger partial charge < -0.3 is 25.1 Å². The van der Waals surface area contributed by atoms with Crippen LogP contribution in [-0.4, -0.2) is 61.9 Å². The zero-order chi connectivity index (χ0) is 35.9. The molecule has 8 rings (SSSR count). The number of anilines is 1. The van der Waals surface area contributed by atoms with Gasteiger partial charge in [-0.15, -0.1) is 0 Å². The number of Topliss-reactive ketones (excluding diaryl/α,β-unsaturated/α-hetero) is 1. The van der Waals surface area contributed by atoms with E-state index >= 15 is 0 Å². The topological polar surface area (TPSA) is 153 Å². The Morgan fingerprint density at radius 1 is 1.10 bits per heavy atom. The lowest BCUT2D eigenvalue weighted by Gasteiger charge is -2.59. The highest BCUT2D eigenvalue weighted by molar-refractivity contribution is 7.48. The maximum Gasteiger partial charge on any atom is 0.474 e. The van der Waals surface area contributed by atoms with E-state index in [1.165, 1.54) is 19.8 Å². The summed E-state index contributed by atoms with van der Waals surface area (Å²) in [4.78, 5) is 26.9. The molecule has 0 bridgehead atoms. The lowest BCUT2D eigenvalue weighted by molar-refractivity contribution is -0.201. The number of hydrogen-bond acceptors (Lipinski definition) is 11. The van der Waals surface area contributed by atoms with Crippen LogP contribution in [0.4, 0.5) is 5.69 Å². The maximum absolute atomic E-state index is 14.6. The molecule has 0 spiro atoms. The van der Waals surface area contributed by atoms with E-state index in [2.05, 4.69) is 13.0 Å². The van der Waals surface area contributed by atoms with Gasteiger partial charge in [0.2, 0.25) is 0 Å². The molecule has 3 N–H and O–H groups in total. The van der Waals surface area contributed by atoms with Gasteiger partial charge in [-0.25, -0.2) is 4.57 Å². The van der Waals surface area contributed by atoms with Crippen LogP contribution in [0.15, 0.2) is 60.2 Å². The van der Waals surface area contributed by atoms with Crippen LogP contribution in [0.3, 0.4) is 0 Å². The number of aliphatic hydroxyl groups excluding tert-OH is 1. The first-order chi connectivity index (χ1) is 24.4. The van der Waals surface area contributed by atoms with Crippen molar-refractivity contribution in [3.05, 3.63) is 82.5 Å². The standard InChI is InChI=1S/C39H46NO10P/c1-37-15-13-26(41)18-25(37)10-11-28-29-19-33-39(38(29,2)20-31(42)34(28)37,32(43)21-48-51(44,45-3)46-4)50-36(49-33)23-7-5-22(6-8-23)17-24-9-12-30(40)35-27(24)14-16-47-35/h5-9,12-13,15,18,28-29,31,33-34,36,42H,10-11,14,16-17,19-21,40H2,1-4H3/t28-,29-,31-,33+,34+,36+,37-,38-,39+/m0/s1. The van der Waals surface area contributed by atoms with E-state index in [0.29, 0.717) is 25.1 Å². The van der Waals surface area contributed by atoms with Crippen molar-refractivity contribution >= 4 is 25.1 Å². The molecule has 51 heavy (non-hydrogen) atoms. The average Bonchev–Trinajstić information content (AvgIpc) is 3.83. The third-order valence-corrected chi connectivity index (χ3v) is 14.4. The number of nitrogens with two attached hydrogens (primary N) is 1. The lowest BCUT2D eigenvalue weighted by atomic mass is 9.46. The Morgan fingerprint density at radius 2 is 1.86 bits per heavy atom. The number of carbonyl (C=O) groups excluding carboxylic acids is 2. The Labute approximate surface area is 298 Å². The number of hydrogen-bond donors (Lipinski definition) is 2. The zero-order valence-electron chi connectivity index (χ0n) is 29.5. The number of ketones is 2. The monoisotopic (exact) mass is 719 g/mol. The summed E-state index contributed by atoms with van der Waals surface area (Å²) in [6, 6.07) is 11.9. The second kappa shape index (κ2) is 12.5. The van der Waals surface area contributed by atoms with E-state index in [4.69, 9.17) is 33.5 Å². The van der Waals surface area contributed by atoms with Crippen LogP contribution in [0.2, 0.25) is 0 Å². The van der Waals surface area contributed by atoms with Gasteiger partial charge in [0.25, 0.3) is 0 Å². The minimum absolute atomic E-state index is 0.0235. The minimum Gasteiger partial charge on any atom is -0.491 e. The highest BCUT2D eigenvalue weighted by atomic mass is 31.2. The SMILES string of the molecule is COP(=O)(OC)OCC(=O)[C@@]12O[C@H](c3ccc(Cc4ccc(N)c5c4CCO5)cc3)O[C@@H]1C[C@H]1[C@@H]3CCC4=CC(=O)C=C[C@]4(C)[C@H]3[C@@H](O)C[C@@]12C. The Morgan fingerprint density at radius 3 is 2.61 bits per heavy atom. The molecule has 2 aliphatic heterocycles. The van der Waals surface area contributed by atoms with Crippen molar-refractivity contribution < 1.29 is 47.0 Å². The van der Waals surface area contributed by atoms with Gasteiger partial charge in [0, 0.05) is 48.5 Å². The molecule has 11 nitrogen and oxygen atoms in total. The number of allylic oxidation sites excluding steroid dienone is 4. The fourth-order valence-electron chi connectivity index (χ4n) is 10.7. The van der Waals surface area contributed by atoms with Gasteiger partial charge in [0.05, 0.1) is 24.5 Å². The Kier molecular flexibility index (Phi) is 8.54. The number of rotatable bonds is 9. The molecule has 6 aliphatic rings. The Balaban J connectivity index is 1.10. The smallest absolute Gasteiger partial charge is 0.474 e. The average molecular weight is 720 g/mol. The molecule has 4 fully saturated rings. The number of nitrogen functional groups attached to an aromatic ring is 1. The summed E-state index contributed by atoms with van der Waals surface area (Å²) in [5, 5.41) is 12.1.